The third-order valence-corrected chi connectivity index (χ3v) is 2.52. The maximum Gasteiger partial charge on any atom is 0.152 e. The van der Waals surface area contributed by atoms with Gasteiger partial charge < -0.3 is 10.1 Å². The van der Waals surface area contributed by atoms with Gasteiger partial charge in [-0.15, -0.1) is 0 Å². The van der Waals surface area contributed by atoms with E-state index in [1.807, 2.05) is 31.2 Å². The summed E-state index contributed by atoms with van der Waals surface area (Å²) in [5, 5.41) is 3.34. The zero-order valence-electron chi connectivity index (χ0n) is 12.1. The molecule has 0 aliphatic heterocycles. The average Bonchev–Trinajstić information content (AvgIpc) is 2.34. The first kappa shape index (κ1) is 15.4. The Bertz CT molecular complexity index is 438. The molecule has 1 rings (SSSR count). The van der Waals surface area contributed by atoms with Crippen molar-refractivity contribution in [1.82, 2.24) is 5.32 Å². The van der Waals surface area contributed by atoms with E-state index in [1.165, 1.54) is 6.92 Å². The number of benzene rings is 1. The molecular weight excluding hydrogens is 238 g/mol. The normalized spacial score (nSPS) is 12.9. The van der Waals surface area contributed by atoms with Crippen LogP contribution in [0.2, 0.25) is 0 Å². The van der Waals surface area contributed by atoms with Gasteiger partial charge in [-0.05, 0) is 37.6 Å². The minimum atomic E-state index is 0.0424. The minimum absolute atomic E-state index is 0.0424. The number of hydrogen-bond donors (Lipinski definition) is 1. The molecule has 0 heterocycles. The average molecular weight is 261 g/mol. The van der Waals surface area contributed by atoms with Crippen LogP contribution >= 0.6 is 0 Å². The predicted molar refractivity (Wildman–Crippen MR) is 79.4 cm³/mol. The van der Waals surface area contributed by atoms with Gasteiger partial charge in [0.25, 0.3) is 0 Å². The molecule has 0 aliphatic carbocycles. The molecule has 0 saturated heterocycles. The van der Waals surface area contributed by atoms with Crippen molar-refractivity contribution in [3.8, 4) is 5.75 Å². The Kier molecular flexibility index (Phi) is 6.30. The smallest absolute Gasteiger partial charge is 0.152 e. The molecule has 0 amide bonds. The van der Waals surface area contributed by atoms with Crippen molar-refractivity contribution in [2.24, 2.45) is 0 Å². The lowest BCUT2D eigenvalue weighted by molar-refractivity contribution is -0.112. The van der Waals surface area contributed by atoms with Gasteiger partial charge in [-0.3, -0.25) is 4.79 Å². The summed E-state index contributed by atoms with van der Waals surface area (Å²) in [6.45, 7) is 8.61. The second-order valence-electron chi connectivity index (χ2n) is 5.01. The number of hydrogen-bond acceptors (Lipinski definition) is 3. The van der Waals surface area contributed by atoms with E-state index in [0.717, 1.165) is 17.9 Å². The van der Waals surface area contributed by atoms with Gasteiger partial charge in [0.1, 0.15) is 11.9 Å². The van der Waals surface area contributed by atoms with Gasteiger partial charge in [-0.2, -0.15) is 0 Å². The first-order valence-electron chi connectivity index (χ1n) is 6.66. The summed E-state index contributed by atoms with van der Waals surface area (Å²) in [5.74, 6) is 0.865. The highest BCUT2D eigenvalue weighted by molar-refractivity contribution is 5.91. The third kappa shape index (κ3) is 6.77. The van der Waals surface area contributed by atoms with Crippen LogP contribution in [0.3, 0.4) is 0 Å². The van der Waals surface area contributed by atoms with Gasteiger partial charge >= 0.3 is 0 Å². The molecule has 0 unspecified atom stereocenters. The van der Waals surface area contributed by atoms with E-state index in [0.29, 0.717) is 6.04 Å². The molecule has 0 radical (unpaired) electrons. The van der Waals surface area contributed by atoms with Crippen LogP contribution in [0.4, 0.5) is 0 Å². The maximum atomic E-state index is 10.9. The van der Waals surface area contributed by atoms with Gasteiger partial charge in [-0.25, -0.2) is 0 Å². The van der Waals surface area contributed by atoms with E-state index in [-0.39, 0.29) is 11.9 Å². The third-order valence-electron chi connectivity index (χ3n) is 2.52. The topological polar surface area (TPSA) is 38.3 Å². The first-order valence-corrected chi connectivity index (χ1v) is 6.66. The molecule has 0 bridgehead atoms. The molecule has 3 heteroatoms. The molecule has 0 aliphatic rings. The molecule has 19 heavy (non-hydrogen) atoms. The number of allylic oxidation sites excluding steroid dienone is 1. The van der Waals surface area contributed by atoms with Crippen molar-refractivity contribution < 1.29 is 9.53 Å². The van der Waals surface area contributed by atoms with Crippen LogP contribution in [0.25, 0.3) is 6.08 Å². The van der Waals surface area contributed by atoms with Crippen molar-refractivity contribution in [3.63, 3.8) is 0 Å². The summed E-state index contributed by atoms with van der Waals surface area (Å²) in [7, 11) is 0. The van der Waals surface area contributed by atoms with Gasteiger partial charge in [0, 0.05) is 12.6 Å². The van der Waals surface area contributed by atoms with E-state index >= 15 is 0 Å². The number of carbonyl (C=O) groups excluding carboxylic acids is 1. The van der Waals surface area contributed by atoms with Crippen LogP contribution in [-0.4, -0.2) is 24.5 Å². The number of ether oxygens (including phenoxy) is 1. The quantitative estimate of drug-likeness (QED) is 0.767. The summed E-state index contributed by atoms with van der Waals surface area (Å²) in [6, 6.07) is 8.19. The standard InChI is InChI=1S/C16H23NO2/c1-12(2)17-11-14(4)19-16-7-5-6-15(10-16)9-8-13(3)18/h5-10,12,14,17H,11H2,1-4H3/b9-8+/t14-/m0/s1. The monoisotopic (exact) mass is 261 g/mol. The summed E-state index contributed by atoms with van der Waals surface area (Å²) < 4.78 is 5.83. The molecule has 104 valence electrons. The fourth-order valence-corrected chi connectivity index (χ4v) is 1.58. The molecule has 0 spiro atoms. The van der Waals surface area contributed by atoms with Gasteiger partial charge in [0.2, 0.25) is 0 Å². The Labute approximate surface area is 115 Å². The predicted octanol–water partition coefficient (Wildman–Crippen LogP) is 3.05. The zero-order chi connectivity index (χ0) is 14.3. The van der Waals surface area contributed by atoms with Crippen LogP contribution in [0.15, 0.2) is 30.3 Å². The van der Waals surface area contributed by atoms with E-state index in [4.69, 9.17) is 4.74 Å². The lowest BCUT2D eigenvalue weighted by Gasteiger charge is -2.17. The maximum absolute atomic E-state index is 10.9. The summed E-state index contributed by atoms with van der Waals surface area (Å²) >= 11 is 0. The Morgan fingerprint density at radius 2 is 2.11 bits per heavy atom. The highest BCUT2D eigenvalue weighted by Gasteiger charge is 2.04. The second kappa shape index (κ2) is 7.74. The van der Waals surface area contributed by atoms with Crippen molar-refractivity contribution in [2.75, 3.05) is 6.54 Å². The minimum Gasteiger partial charge on any atom is -0.489 e. The van der Waals surface area contributed by atoms with Crippen molar-refractivity contribution >= 4 is 11.9 Å². The van der Waals surface area contributed by atoms with Crippen LogP contribution in [-0.2, 0) is 4.79 Å². The number of rotatable bonds is 7. The van der Waals surface area contributed by atoms with Gasteiger partial charge in [-0.1, -0.05) is 32.1 Å². The van der Waals surface area contributed by atoms with Gasteiger partial charge in [0.15, 0.2) is 5.78 Å². The molecule has 0 aromatic heterocycles. The molecule has 1 aromatic carbocycles. The fraction of sp³-hybridized carbons (Fsp3) is 0.438. The molecule has 1 atom stereocenters. The Morgan fingerprint density at radius 1 is 1.37 bits per heavy atom. The van der Waals surface area contributed by atoms with Gasteiger partial charge in [0.05, 0.1) is 0 Å². The number of ketones is 1. The van der Waals surface area contributed by atoms with E-state index in [1.54, 1.807) is 12.2 Å². The number of nitrogens with one attached hydrogen (secondary N) is 1. The Morgan fingerprint density at radius 3 is 2.74 bits per heavy atom. The van der Waals surface area contributed by atoms with Crippen molar-refractivity contribution in [1.29, 1.82) is 0 Å². The lowest BCUT2D eigenvalue weighted by atomic mass is 10.2. The Balaban J connectivity index is 2.59. The van der Waals surface area contributed by atoms with Crippen LogP contribution in [0, 0.1) is 0 Å². The molecular formula is C16H23NO2. The van der Waals surface area contributed by atoms with Crippen molar-refractivity contribution in [3.05, 3.63) is 35.9 Å². The molecule has 1 aromatic rings. The second-order valence-corrected chi connectivity index (χ2v) is 5.01. The van der Waals surface area contributed by atoms with Crippen LogP contribution < -0.4 is 10.1 Å². The summed E-state index contributed by atoms with van der Waals surface area (Å²) in [4.78, 5) is 10.9. The zero-order valence-corrected chi connectivity index (χ0v) is 12.1. The van der Waals surface area contributed by atoms with Crippen LogP contribution in [0.5, 0.6) is 5.75 Å². The Hall–Kier alpha value is -1.61. The largest absolute Gasteiger partial charge is 0.489 e. The summed E-state index contributed by atoms with van der Waals surface area (Å²) in [6.07, 6.45) is 3.46. The van der Waals surface area contributed by atoms with E-state index in [9.17, 15) is 4.79 Å². The molecule has 0 fully saturated rings. The highest BCUT2D eigenvalue weighted by Crippen LogP contribution is 2.16. The van der Waals surface area contributed by atoms with Crippen LogP contribution in [0.1, 0.15) is 33.3 Å². The SMILES string of the molecule is CC(=O)/C=C/c1cccc(O[C@@H](C)CNC(C)C)c1. The molecule has 0 saturated carbocycles. The fourth-order valence-electron chi connectivity index (χ4n) is 1.58. The summed E-state index contributed by atoms with van der Waals surface area (Å²) in [5.41, 5.74) is 0.969. The highest BCUT2D eigenvalue weighted by atomic mass is 16.5. The lowest BCUT2D eigenvalue weighted by Crippen LogP contribution is -2.33. The van der Waals surface area contributed by atoms with E-state index < -0.39 is 0 Å². The molecule has 3 nitrogen and oxygen atoms in total. The molecule has 1 N–H and O–H groups in total. The van der Waals surface area contributed by atoms with E-state index in [2.05, 4.69) is 19.2 Å². The number of carbonyl (C=O) groups is 1. The first-order chi connectivity index (χ1) is 8.97. The van der Waals surface area contributed by atoms with Crippen molar-refractivity contribution in [2.45, 2.75) is 39.8 Å².